The summed E-state index contributed by atoms with van der Waals surface area (Å²) in [7, 11) is 0. The van der Waals surface area contributed by atoms with Crippen LogP contribution in [0.4, 0.5) is 0 Å². The molecule has 0 radical (unpaired) electrons. The van der Waals surface area contributed by atoms with Crippen molar-refractivity contribution in [1.82, 2.24) is 0 Å². The van der Waals surface area contributed by atoms with Gasteiger partial charge in [0.05, 0.1) is 0 Å². The highest BCUT2D eigenvalue weighted by atomic mass is 16.4. The number of carbonyl (C=O) groups is 3. The molecule has 0 aliphatic carbocycles. The van der Waals surface area contributed by atoms with Crippen LogP contribution in [-0.2, 0) is 14.4 Å². The summed E-state index contributed by atoms with van der Waals surface area (Å²) in [6.45, 7) is 0. The second-order valence-electron chi connectivity index (χ2n) is 1.75. The molecule has 0 aromatic heterocycles. The summed E-state index contributed by atoms with van der Waals surface area (Å²) in [4.78, 5) is 30.3. The van der Waals surface area contributed by atoms with Gasteiger partial charge in [-0.05, 0) is 12.2 Å². The van der Waals surface area contributed by atoms with Crippen LogP contribution in [0.25, 0.3) is 0 Å². The van der Waals surface area contributed by atoms with Gasteiger partial charge >= 0.3 is 11.9 Å². The number of aliphatic carboxylic acids is 2. The maximum Gasteiger partial charge on any atom is 0.328 e. The molecule has 64 valence electrons. The summed E-state index contributed by atoms with van der Waals surface area (Å²) >= 11 is 0. The van der Waals surface area contributed by atoms with Gasteiger partial charge in [-0.2, -0.15) is 0 Å². The second-order valence-corrected chi connectivity index (χ2v) is 1.75. The third kappa shape index (κ3) is 6.21. The Bertz CT molecular complexity index is 235. The maximum absolute atomic E-state index is 10.6. The van der Waals surface area contributed by atoms with Gasteiger partial charge < -0.3 is 10.2 Å². The highest BCUT2D eigenvalue weighted by Gasteiger charge is 1.92. The molecule has 0 heterocycles. The molecular weight excluding hydrogens is 164 g/mol. The van der Waals surface area contributed by atoms with Gasteiger partial charge in [0.15, 0.2) is 5.78 Å². The Labute approximate surface area is 67.6 Å². The predicted molar refractivity (Wildman–Crippen MR) is 38.6 cm³/mol. The summed E-state index contributed by atoms with van der Waals surface area (Å²) in [5, 5.41) is 16.1. The molecule has 0 spiro atoms. The third-order valence-electron chi connectivity index (χ3n) is 0.780. The van der Waals surface area contributed by atoms with Crippen LogP contribution in [0, 0.1) is 0 Å². The first kappa shape index (κ1) is 10.1. The molecule has 0 saturated carbocycles. The number of carboxylic acid groups (broad SMARTS) is 2. The van der Waals surface area contributed by atoms with Crippen LogP contribution >= 0.6 is 0 Å². The Morgan fingerprint density at radius 3 is 1.33 bits per heavy atom. The minimum Gasteiger partial charge on any atom is -0.478 e. The summed E-state index contributed by atoms with van der Waals surface area (Å²) in [5.41, 5.74) is 0. The predicted octanol–water partition coefficient (Wildman–Crippen LogP) is -0.163. The molecule has 0 aliphatic rings. The van der Waals surface area contributed by atoms with Crippen molar-refractivity contribution >= 4 is 17.7 Å². The van der Waals surface area contributed by atoms with Crippen LogP contribution in [0.5, 0.6) is 0 Å². The first-order valence-corrected chi connectivity index (χ1v) is 2.88. The van der Waals surface area contributed by atoms with Crippen LogP contribution in [0.3, 0.4) is 0 Å². The Morgan fingerprint density at radius 1 is 0.750 bits per heavy atom. The first-order chi connectivity index (χ1) is 5.52. The van der Waals surface area contributed by atoms with Crippen molar-refractivity contribution in [2.75, 3.05) is 0 Å². The zero-order chi connectivity index (χ0) is 9.56. The van der Waals surface area contributed by atoms with Gasteiger partial charge in [-0.1, -0.05) is 0 Å². The van der Waals surface area contributed by atoms with Crippen LogP contribution in [0.1, 0.15) is 0 Å². The monoisotopic (exact) mass is 170 g/mol. The van der Waals surface area contributed by atoms with Crippen LogP contribution in [0.2, 0.25) is 0 Å². The van der Waals surface area contributed by atoms with Crippen molar-refractivity contribution in [1.29, 1.82) is 0 Å². The number of ketones is 1. The second kappa shape index (κ2) is 4.84. The average molecular weight is 170 g/mol. The molecule has 0 unspecified atom stereocenters. The van der Waals surface area contributed by atoms with E-state index in [0.717, 1.165) is 12.2 Å². The molecule has 0 bridgehead atoms. The van der Waals surface area contributed by atoms with E-state index >= 15 is 0 Å². The molecule has 0 aliphatic heterocycles. The fourth-order valence-electron chi connectivity index (χ4n) is 0.362. The number of rotatable bonds is 4. The standard InChI is InChI=1S/C7H6O5/c8-5(1-3-6(9)10)2-4-7(11)12/h1-4H,(H,9,10)(H,11,12)/b3-1+,4-2+. The Morgan fingerprint density at radius 2 is 1.08 bits per heavy atom. The van der Waals surface area contributed by atoms with Crippen molar-refractivity contribution in [3.05, 3.63) is 24.3 Å². The average Bonchev–Trinajstić information content (AvgIpc) is 1.96. The highest BCUT2D eigenvalue weighted by molar-refractivity contribution is 6.04. The van der Waals surface area contributed by atoms with Crippen molar-refractivity contribution in [2.45, 2.75) is 0 Å². The first-order valence-electron chi connectivity index (χ1n) is 2.88. The molecule has 0 aromatic rings. The van der Waals surface area contributed by atoms with E-state index in [9.17, 15) is 14.4 Å². The van der Waals surface area contributed by atoms with Crippen molar-refractivity contribution in [3.63, 3.8) is 0 Å². The largest absolute Gasteiger partial charge is 0.478 e. The number of hydrogen-bond donors (Lipinski definition) is 2. The summed E-state index contributed by atoms with van der Waals surface area (Å²) in [6.07, 6.45) is 2.80. The minimum atomic E-state index is -1.26. The Hall–Kier alpha value is -1.91. The van der Waals surface area contributed by atoms with E-state index in [4.69, 9.17) is 10.2 Å². The van der Waals surface area contributed by atoms with Gasteiger partial charge in [0, 0.05) is 12.2 Å². The highest BCUT2D eigenvalue weighted by Crippen LogP contribution is 1.81. The molecule has 0 amide bonds. The quantitative estimate of drug-likeness (QED) is 0.572. The van der Waals surface area contributed by atoms with Crippen LogP contribution in [0.15, 0.2) is 24.3 Å². The zero-order valence-corrected chi connectivity index (χ0v) is 5.93. The molecule has 0 aromatic carbocycles. The van der Waals surface area contributed by atoms with Crippen molar-refractivity contribution < 1.29 is 24.6 Å². The SMILES string of the molecule is O=C(O)/C=C/C(=O)/C=C/C(=O)O. The molecule has 0 saturated heterocycles. The minimum absolute atomic E-state index is 0.633. The molecule has 12 heavy (non-hydrogen) atoms. The lowest BCUT2D eigenvalue weighted by molar-refractivity contribution is -0.132. The number of hydrogen-bond acceptors (Lipinski definition) is 3. The van der Waals surface area contributed by atoms with Crippen LogP contribution < -0.4 is 0 Å². The van der Waals surface area contributed by atoms with Gasteiger partial charge in [0.1, 0.15) is 0 Å². The van der Waals surface area contributed by atoms with E-state index in [0.29, 0.717) is 12.2 Å². The molecular formula is C7H6O5. The van der Waals surface area contributed by atoms with E-state index < -0.39 is 17.7 Å². The van der Waals surface area contributed by atoms with Gasteiger partial charge in [0.2, 0.25) is 0 Å². The lowest BCUT2D eigenvalue weighted by Crippen LogP contribution is -1.93. The Kier molecular flexibility index (Phi) is 4.07. The topological polar surface area (TPSA) is 91.7 Å². The number of carboxylic acids is 2. The van der Waals surface area contributed by atoms with E-state index in [1.807, 2.05) is 0 Å². The van der Waals surface area contributed by atoms with Gasteiger partial charge in [-0.15, -0.1) is 0 Å². The van der Waals surface area contributed by atoms with E-state index in [1.165, 1.54) is 0 Å². The van der Waals surface area contributed by atoms with E-state index in [-0.39, 0.29) is 0 Å². The van der Waals surface area contributed by atoms with Gasteiger partial charge in [-0.25, -0.2) is 9.59 Å². The van der Waals surface area contributed by atoms with Crippen LogP contribution in [-0.4, -0.2) is 27.9 Å². The smallest absolute Gasteiger partial charge is 0.328 e. The molecule has 2 N–H and O–H groups in total. The fraction of sp³-hybridized carbons (Fsp3) is 0. The molecule has 0 rings (SSSR count). The summed E-state index contributed by atoms with van der Waals surface area (Å²) in [6, 6.07) is 0. The van der Waals surface area contributed by atoms with Crippen molar-refractivity contribution in [2.24, 2.45) is 0 Å². The van der Waals surface area contributed by atoms with Gasteiger partial charge in [-0.3, -0.25) is 4.79 Å². The fourth-order valence-corrected chi connectivity index (χ4v) is 0.362. The van der Waals surface area contributed by atoms with E-state index in [2.05, 4.69) is 0 Å². The Balaban J connectivity index is 4.07. The summed E-state index contributed by atoms with van der Waals surface area (Å²) < 4.78 is 0. The number of carbonyl (C=O) groups excluding carboxylic acids is 1. The summed E-state index contributed by atoms with van der Waals surface area (Å²) in [5.74, 6) is -3.20. The molecule has 5 heteroatoms. The zero-order valence-electron chi connectivity index (χ0n) is 5.93. The molecule has 5 nitrogen and oxygen atoms in total. The van der Waals surface area contributed by atoms with Gasteiger partial charge in [0.25, 0.3) is 0 Å². The maximum atomic E-state index is 10.6. The van der Waals surface area contributed by atoms with E-state index in [1.54, 1.807) is 0 Å². The number of allylic oxidation sites excluding steroid dienone is 2. The molecule has 0 fully saturated rings. The van der Waals surface area contributed by atoms with Crippen molar-refractivity contribution in [3.8, 4) is 0 Å². The lowest BCUT2D eigenvalue weighted by Gasteiger charge is -1.80. The lowest BCUT2D eigenvalue weighted by atomic mass is 10.3. The molecule has 0 atom stereocenters. The normalized spacial score (nSPS) is 10.7. The third-order valence-corrected chi connectivity index (χ3v) is 0.780.